The maximum absolute atomic E-state index is 11.7. The monoisotopic (exact) mass is 406 g/mol. The van der Waals surface area contributed by atoms with E-state index in [1.807, 2.05) is 62.4 Å². The highest BCUT2D eigenvalue weighted by molar-refractivity contribution is 5.81. The number of aromatic nitrogens is 2. The van der Waals surface area contributed by atoms with E-state index in [0.717, 1.165) is 29.7 Å². The molecule has 0 saturated carbocycles. The van der Waals surface area contributed by atoms with E-state index < -0.39 is 0 Å². The number of rotatable bonds is 10. The Morgan fingerprint density at radius 2 is 1.90 bits per heavy atom. The number of hydrogen-bond donors (Lipinski definition) is 2. The number of ether oxygens (including phenoxy) is 2. The highest BCUT2D eigenvalue weighted by atomic mass is 16.5. The first-order valence-electron chi connectivity index (χ1n) is 10.0. The van der Waals surface area contributed by atoms with Gasteiger partial charge in [0, 0.05) is 11.8 Å². The highest BCUT2D eigenvalue weighted by Gasteiger charge is 2.07. The standard InChI is InChI=1S/C23H26N4O3/c1-3-8-19-14-22(28)26-23(25-19)27-24-15-18-11-12-20(21(13-18)29-4-2)30-16-17-9-6-5-7-10-17/h5-7,9-15H,3-4,8,16H2,1-2H3,(H2,25,26,27,28)/b24-15+. The van der Waals surface area contributed by atoms with Gasteiger partial charge in [-0.1, -0.05) is 43.7 Å². The summed E-state index contributed by atoms with van der Waals surface area (Å²) in [4.78, 5) is 18.7. The number of nitrogens with zero attached hydrogens (tertiary/aromatic N) is 2. The molecule has 0 atom stereocenters. The molecule has 0 fully saturated rings. The van der Waals surface area contributed by atoms with Crippen LogP contribution in [0.15, 0.2) is 64.5 Å². The third-order valence-corrected chi connectivity index (χ3v) is 4.19. The van der Waals surface area contributed by atoms with Crippen molar-refractivity contribution in [2.45, 2.75) is 33.3 Å². The number of hydrazone groups is 1. The molecule has 3 aromatic rings. The molecule has 2 N–H and O–H groups in total. The molecule has 0 aliphatic heterocycles. The fourth-order valence-corrected chi connectivity index (χ4v) is 2.84. The van der Waals surface area contributed by atoms with Gasteiger partial charge in [-0.05, 0) is 42.7 Å². The molecule has 0 saturated heterocycles. The van der Waals surface area contributed by atoms with Crippen molar-refractivity contribution in [2.75, 3.05) is 12.0 Å². The molecular weight excluding hydrogens is 380 g/mol. The fourth-order valence-electron chi connectivity index (χ4n) is 2.84. The van der Waals surface area contributed by atoms with Crippen molar-refractivity contribution in [1.29, 1.82) is 0 Å². The van der Waals surface area contributed by atoms with Gasteiger partial charge >= 0.3 is 0 Å². The topological polar surface area (TPSA) is 88.6 Å². The third kappa shape index (κ3) is 6.20. The van der Waals surface area contributed by atoms with E-state index in [-0.39, 0.29) is 5.56 Å². The predicted octanol–water partition coefficient (Wildman–Crippen LogP) is 4.15. The van der Waals surface area contributed by atoms with E-state index >= 15 is 0 Å². The van der Waals surface area contributed by atoms with Crippen molar-refractivity contribution in [3.05, 3.63) is 81.8 Å². The molecule has 0 radical (unpaired) electrons. The third-order valence-electron chi connectivity index (χ3n) is 4.19. The average molecular weight is 406 g/mol. The zero-order chi connectivity index (χ0) is 21.2. The summed E-state index contributed by atoms with van der Waals surface area (Å²) in [5, 5.41) is 4.17. The Balaban J connectivity index is 1.68. The van der Waals surface area contributed by atoms with Crippen molar-refractivity contribution < 1.29 is 9.47 Å². The largest absolute Gasteiger partial charge is 0.490 e. The smallest absolute Gasteiger partial charge is 0.252 e. The second kappa shape index (κ2) is 10.8. The van der Waals surface area contributed by atoms with Gasteiger partial charge < -0.3 is 9.47 Å². The van der Waals surface area contributed by atoms with Crippen LogP contribution in [0.2, 0.25) is 0 Å². The quantitative estimate of drug-likeness (QED) is 0.390. The molecule has 7 heteroatoms. The van der Waals surface area contributed by atoms with Crippen molar-refractivity contribution >= 4 is 12.2 Å². The number of aryl methyl sites for hydroxylation is 1. The van der Waals surface area contributed by atoms with E-state index in [1.165, 1.54) is 6.07 Å². The summed E-state index contributed by atoms with van der Waals surface area (Å²) in [6.07, 6.45) is 3.29. The number of nitrogens with one attached hydrogen (secondary N) is 2. The number of anilines is 1. The molecular formula is C23H26N4O3. The SMILES string of the molecule is CCCc1cc(=O)[nH]c(N/N=C/c2ccc(OCc3ccccc3)c(OCC)c2)n1. The molecule has 0 aliphatic rings. The highest BCUT2D eigenvalue weighted by Crippen LogP contribution is 2.28. The Morgan fingerprint density at radius 1 is 1.07 bits per heavy atom. The molecule has 7 nitrogen and oxygen atoms in total. The summed E-state index contributed by atoms with van der Waals surface area (Å²) in [5.41, 5.74) is 5.21. The lowest BCUT2D eigenvalue weighted by atomic mass is 10.2. The first kappa shape index (κ1) is 21.1. The van der Waals surface area contributed by atoms with Crippen molar-refractivity contribution in [3.63, 3.8) is 0 Å². The van der Waals surface area contributed by atoms with Crippen LogP contribution in [0.3, 0.4) is 0 Å². The summed E-state index contributed by atoms with van der Waals surface area (Å²) >= 11 is 0. The van der Waals surface area contributed by atoms with Crippen LogP contribution < -0.4 is 20.5 Å². The Labute approximate surface area is 175 Å². The lowest BCUT2D eigenvalue weighted by Gasteiger charge is -2.12. The van der Waals surface area contributed by atoms with Crippen LogP contribution in [0.4, 0.5) is 5.95 Å². The molecule has 1 heterocycles. The number of H-pyrrole nitrogens is 1. The molecule has 0 bridgehead atoms. The van der Waals surface area contributed by atoms with E-state index in [1.54, 1.807) is 6.21 Å². The van der Waals surface area contributed by atoms with Crippen molar-refractivity contribution in [1.82, 2.24) is 9.97 Å². The van der Waals surface area contributed by atoms with Crippen LogP contribution in [0, 0.1) is 0 Å². The molecule has 3 rings (SSSR count). The Morgan fingerprint density at radius 3 is 2.67 bits per heavy atom. The van der Waals surface area contributed by atoms with E-state index in [0.29, 0.717) is 30.7 Å². The van der Waals surface area contributed by atoms with Crippen LogP contribution in [0.5, 0.6) is 11.5 Å². The Hall–Kier alpha value is -3.61. The summed E-state index contributed by atoms with van der Waals surface area (Å²) in [6.45, 7) is 4.95. The van der Waals surface area contributed by atoms with Gasteiger partial charge in [-0.3, -0.25) is 9.78 Å². The molecule has 0 unspecified atom stereocenters. The lowest BCUT2D eigenvalue weighted by Crippen LogP contribution is -2.12. The number of aromatic amines is 1. The summed E-state index contributed by atoms with van der Waals surface area (Å²) in [7, 11) is 0. The van der Waals surface area contributed by atoms with Gasteiger partial charge in [0.2, 0.25) is 5.95 Å². The molecule has 0 aliphatic carbocycles. The zero-order valence-electron chi connectivity index (χ0n) is 17.2. The first-order valence-corrected chi connectivity index (χ1v) is 10.0. The maximum atomic E-state index is 11.7. The van der Waals surface area contributed by atoms with Crippen LogP contribution in [0.25, 0.3) is 0 Å². The first-order chi connectivity index (χ1) is 14.7. The molecule has 0 spiro atoms. The normalized spacial score (nSPS) is 10.9. The van der Waals surface area contributed by atoms with Crippen molar-refractivity contribution in [3.8, 4) is 11.5 Å². The van der Waals surface area contributed by atoms with Crippen molar-refractivity contribution in [2.24, 2.45) is 5.10 Å². The van der Waals surface area contributed by atoms with Gasteiger partial charge in [-0.2, -0.15) is 5.10 Å². The Kier molecular flexibility index (Phi) is 7.60. The molecule has 1 aromatic heterocycles. The van der Waals surface area contributed by atoms with Gasteiger partial charge in [0.15, 0.2) is 11.5 Å². The molecule has 30 heavy (non-hydrogen) atoms. The minimum absolute atomic E-state index is 0.204. The zero-order valence-corrected chi connectivity index (χ0v) is 17.2. The maximum Gasteiger partial charge on any atom is 0.252 e. The number of benzene rings is 2. The second-order valence-corrected chi connectivity index (χ2v) is 6.62. The summed E-state index contributed by atoms with van der Waals surface area (Å²) in [6, 6.07) is 17.1. The molecule has 0 amide bonds. The minimum atomic E-state index is -0.204. The fraction of sp³-hybridized carbons (Fsp3) is 0.261. The van der Waals surface area contributed by atoms with Gasteiger partial charge in [-0.25, -0.2) is 10.4 Å². The van der Waals surface area contributed by atoms with Gasteiger partial charge in [0.25, 0.3) is 5.56 Å². The van der Waals surface area contributed by atoms with E-state index in [2.05, 4.69) is 20.5 Å². The second-order valence-electron chi connectivity index (χ2n) is 6.62. The van der Waals surface area contributed by atoms with Crippen LogP contribution in [0.1, 0.15) is 37.1 Å². The van der Waals surface area contributed by atoms with Crippen LogP contribution >= 0.6 is 0 Å². The van der Waals surface area contributed by atoms with E-state index in [9.17, 15) is 4.79 Å². The van der Waals surface area contributed by atoms with Gasteiger partial charge in [-0.15, -0.1) is 0 Å². The van der Waals surface area contributed by atoms with E-state index in [4.69, 9.17) is 9.47 Å². The summed E-state index contributed by atoms with van der Waals surface area (Å²) < 4.78 is 11.6. The predicted molar refractivity (Wildman–Crippen MR) is 118 cm³/mol. The van der Waals surface area contributed by atoms with Gasteiger partial charge in [0.1, 0.15) is 6.61 Å². The average Bonchev–Trinajstić information content (AvgIpc) is 2.74. The lowest BCUT2D eigenvalue weighted by molar-refractivity contribution is 0.269. The molecule has 2 aromatic carbocycles. The number of hydrogen-bond acceptors (Lipinski definition) is 6. The van der Waals surface area contributed by atoms with Gasteiger partial charge in [0.05, 0.1) is 12.8 Å². The molecule has 156 valence electrons. The Bertz CT molecular complexity index is 1030. The van der Waals surface area contributed by atoms with Crippen LogP contribution in [-0.2, 0) is 13.0 Å². The van der Waals surface area contributed by atoms with Crippen LogP contribution in [-0.4, -0.2) is 22.8 Å². The summed E-state index contributed by atoms with van der Waals surface area (Å²) in [5.74, 6) is 1.63. The minimum Gasteiger partial charge on any atom is -0.490 e.